The zero-order chi connectivity index (χ0) is 19.7. The Balaban J connectivity index is 1.75. The summed E-state index contributed by atoms with van der Waals surface area (Å²) < 4.78 is 6.14. The van der Waals surface area contributed by atoms with E-state index in [-0.39, 0.29) is 5.56 Å². The maximum Gasteiger partial charge on any atom is 0.336 e. The number of hydrogen-bond donors (Lipinski definition) is 1. The number of pyridine rings is 2. The number of aromatic carboxylic acids is 1. The van der Waals surface area contributed by atoms with E-state index >= 15 is 0 Å². The molecule has 0 radical (unpaired) electrons. The molecular formula is C22H15IN2O3. The fraction of sp³-hybridized carbons (Fsp3) is 0.0455. The Labute approximate surface area is 175 Å². The molecule has 0 saturated heterocycles. The van der Waals surface area contributed by atoms with Gasteiger partial charge in [-0.2, -0.15) is 0 Å². The summed E-state index contributed by atoms with van der Waals surface area (Å²) in [5.74, 6) is -0.185. The van der Waals surface area contributed by atoms with Crippen molar-refractivity contribution >= 4 is 39.5 Å². The van der Waals surface area contributed by atoms with E-state index in [2.05, 4.69) is 32.6 Å². The van der Waals surface area contributed by atoms with Gasteiger partial charge in [0.25, 0.3) is 0 Å². The summed E-state index contributed by atoms with van der Waals surface area (Å²) in [4.78, 5) is 20.9. The molecule has 2 aromatic carbocycles. The minimum atomic E-state index is -0.981. The number of halogens is 1. The minimum absolute atomic E-state index is 0.222. The SMILES string of the molecule is COc1ccc(-c2ccc(-c3cc(C(=O)O)c4cc(I)ccc4n3)nc2)cc1. The molecule has 0 spiro atoms. The third-order valence-electron chi connectivity index (χ3n) is 4.45. The van der Waals surface area contributed by atoms with Crippen LogP contribution < -0.4 is 4.74 Å². The number of ether oxygens (including phenoxy) is 1. The van der Waals surface area contributed by atoms with Crippen molar-refractivity contribution in [1.29, 1.82) is 0 Å². The molecule has 0 saturated carbocycles. The maximum absolute atomic E-state index is 11.7. The molecule has 28 heavy (non-hydrogen) atoms. The Morgan fingerprint density at radius 2 is 1.71 bits per heavy atom. The number of nitrogens with zero attached hydrogens (tertiary/aromatic N) is 2. The fourth-order valence-electron chi connectivity index (χ4n) is 3.01. The predicted molar refractivity (Wildman–Crippen MR) is 117 cm³/mol. The van der Waals surface area contributed by atoms with E-state index in [1.54, 1.807) is 19.4 Å². The van der Waals surface area contributed by atoms with Crippen LogP contribution in [0.4, 0.5) is 0 Å². The number of carboxylic acid groups (broad SMARTS) is 1. The highest BCUT2D eigenvalue weighted by atomic mass is 127. The minimum Gasteiger partial charge on any atom is -0.497 e. The van der Waals surface area contributed by atoms with Gasteiger partial charge in [0.05, 0.1) is 29.6 Å². The quantitative estimate of drug-likeness (QED) is 0.401. The molecule has 0 fully saturated rings. The van der Waals surface area contributed by atoms with Crippen LogP contribution in [0.5, 0.6) is 5.75 Å². The van der Waals surface area contributed by atoms with E-state index in [0.29, 0.717) is 22.3 Å². The molecule has 2 heterocycles. The number of fused-ring (bicyclic) bond motifs is 1. The number of benzene rings is 2. The highest BCUT2D eigenvalue weighted by Crippen LogP contribution is 2.27. The molecule has 0 bridgehead atoms. The molecule has 6 heteroatoms. The average molecular weight is 482 g/mol. The smallest absolute Gasteiger partial charge is 0.336 e. The van der Waals surface area contributed by atoms with Gasteiger partial charge in [0.15, 0.2) is 0 Å². The zero-order valence-electron chi connectivity index (χ0n) is 14.9. The molecule has 4 rings (SSSR count). The standard InChI is InChI=1S/C22H15IN2O3/c1-28-16-6-2-13(3-7-16)14-4-8-20(24-12-14)21-11-18(22(26)27)17-10-15(23)5-9-19(17)25-21/h2-12H,1H3,(H,26,27). The van der Waals surface area contributed by atoms with E-state index in [0.717, 1.165) is 20.4 Å². The van der Waals surface area contributed by atoms with Crippen LogP contribution in [0.25, 0.3) is 33.4 Å². The van der Waals surface area contributed by atoms with Gasteiger partial charge in [-0.25, -0.2) is 9.78 Å². The van der Waals surface area contributed by atoms with Crippen LogP contribution in [0.2, 0.25) is 0 Å². The summed E-state index contributed by atoms with van der Waals surface area (Å²) >= 11 is 2.16. The van der Waals surface area contributed by atoms with Gasteiger partial charge in [0.1, 0.15) is 5.75 Å². The summed E-state index contributed by atoms with van der Waals surface area (Å²) in [6.07, 6.45) is 1.76. The van der Waals surface area contributed by atoms with Gasteiger partial charge in [-0.1, -0.05) is 18.2 Å². The summed E-state index contributed by atoms with van der Waals surface area (Å²) in [7, 11) is 1.63. The first-order valence-corrected chi connectivity index (χ1v) is 9.57. The van der Waals surface area contributed by atoms with Gasteiger partial charge in [-0.05, 0) is 70.6 Å². The van der Waals surface area contributed by atoms with Crippen LogP contribution in [-0.4, -0.2) is 28.2 Å². The number of rotatable bonds is 4. The number of carbonyl (C=O) groups is 1. The van der Waals surface area contributed by atoms with Crippen LogP contribution in [0.3, 0.4) is 0 Å². The molecule has 138 valence electrons. The van der Waals surface area contributed by atoms with Gasteiger partial charge in [-0.3, -0.25) is 4.98 Å². The van der Waals surface area contributed by atoms with Gasteiger partial charge in [0.2, 0.25) is 0 Å². The van der Waals surface area contributed by atoms with E-state index < -0.39 is 5.97 Å². The van der Waals surface area contributed by atoms with Crippen molar-refractivity contribution < 1.29 is 14.6 Å². The summed E-state index contributed by atoms with van der Waals surface area (Å²) in [6.45, 7) is 0. The maximum atomic E-state index is 11.7. The second-order valence-corrected chi connectivity index (χ2v) is 7.43. The Morgan fingerprint density at radius 3 is 2.36 bits per heavy atom. The van der Waals surface area contributed by atoms with Crippen molar-refractivity contribution in [3.8, 4) is 28.3 Å². The Bertz CT molecular complexity index is 1170. The van der Waals surface area contributed by atoms with E-state index in [1.165, 1.54) is 0 Å². The molecule has 0 aliphatic rings. The Kier molecular flexibility index (Phi) is 4.95. The van der Waals surface area contributed by atoms with Crippen molar-refractivity contribution in [2.24, 2.45) is 0 Å². The second-order valence-electron chi connectivity index (χ2n) is 6.18. The van der Waals surface area contributed by atoms with Crippen LogP contribution in [0.15, 0.2) is 66.9 Å². The molecule has 1 N–H and O–H groups in total. The largest absolute Gasteiger partial charge is 0.497 e. The fourth-order valence-corrected chi connectivity index (χ4v) is 3.50. The molecular weight excluding hydrogens is 467 g/mol. The lowest BCUT2D eigenvalue weighted by atomic mass is 10.0. The van der Waals surface area contributed by atoms with Gasteiger partial charge in [-0.15, -0.1) is 0 Å². The molecule has 2 aromatic heterocycles. The first-order chi connectivity index (χ1) is 13.5. The van der Waals surface area contributed by atoms with Crippen LogP contribution >= 0.6 is 22.6 Å². The summed E-state index contributed by atoms with van der Waals surface area (Å²) in [5.41, 5.74) is 4.00. The second kappa shape index (κ2) is 7.55. The number of aromatic nitrogens is 2. The third-order valence-corrected chi connectivity index (χ3v) is 5.12. The molecule has 4 aromatic rings. The zero-order valence-corrected chi connectivity index (χ0v) is 17.0. The van der Waals surface area contributed by atoms with E-state index in [4.69, 9.17) is 4.74 Å². The normalized spacial score (nSPS) is 10.8. The molecule has 0 atom stereocenters. The van der Waals surface area contributed by atoms with Crippen molar-refractivity contribution in [3.05, 3.63) is 76.0 Å². The highest BCUT2D eigenvalue weighted by molar-refractivity contribution is 14.1. The van der Waals surface area contributed by atoms with Gasteiger partial charge >= 0.3 is 5.97 Å². The monoisotopic (exact) mass is 482 g/mol. The number of methoxy groups -OCH3 is 1. The first kappa shape index (κ1) is 18.4. The van der Waals surface area contributed by atoms with Crippen molar-refractivity contribution in [2.45, 2.75) is 0 Å². The average Bonchev–Trinajstić information content (AvgIpc) is 2.73. The van der Waals surface area contributed by atoms with E-state index in [9.17, 15) is 9.90 Å². The molecule has 0 aliphatic heterocycles. The third kappa shape index (κ3) is 3.55. The van der Waals surface area contributed by atoms with Crippen LogP contribution in [-0.2, 0) is 0 Å². The number of carboxylic acids is 1. The van der Waals surface area contributed by atoms with Crippen LogP contribution in [0.1, 0.15) is 10.4 Å². The highest BCUT2D eigenvalue weighted by Gasteiger charge is 2.14. The molecule has 0 amide bonds. The van der Waals surface area contributed by atoms with Crippen LogP contribution in [0, 0.1) is 3.57 Å². The van der Waals surface area contributed by atoms with Crippen molar-refractivity contribution in [1.82, 2.24) is 9.97 Å². The first-order valence-electron chi connectivity index (χ1n) is 8.49. The van der Waals surface area contributed by atoms with Crippen molar-refractivity contribution in [3.63, 3.8) is 0 Å². The summed E-state index contributed by atoms with van der Waals surface area (Å²) in [6, 6.07) is 18.7. The number of hydrogen-bond acceptors (Lipinski definition) is 4. The topological polar surface area (TPSA) is 72.3 Å². The van der Waals surface area contributed by atoms with E-state index in [1.807, 2.05) is 54.6 Å². The van der Waals surface area contributed by atoms with Gasteiger partial charge < -0.3 is 9.84 Å². The van der Waals surface area contributed by atoms with Gasteiger partial charge in [0, 0.05) is 20.7 Å². The lowest BCUT2D eigenvalue weighted by molar-refractivity contribution is 0.0699. The predicted octanol–water partition coefficient (Wildman–Crippen LogP) is 5.28. The Hall–Kier alpha value is -3.00. The molecule has 5 nitrogen and oxygen atoms in total. The van der Waals surface area contributed by atoms with Crippen molar-refractivity contribution in [2.75, 3.05) is 7.11 Å². The molecule has 0 unspecified atom stereocenters. The lowest BCUT2D eigenvalue weighted by Crippen LogP contribution is -2.01. The molecule has 0 aliphatic carbocycles. The Morgan fingerprint density at radius 1 is 0.964 bits per heavy atom. The summed E-state index contributed by atoms with van der Waals surface area (Å²) in [5, 5.41) is 10.2. The lowest BCUT2D eigenvalue weighted by Gasteiger charge is -2.08.